The summed E-state index contributed by atoms with van der Waals surface area (Å²) in [4.78, 5) is 31.1. The second kappa shape index (κ2) is 8.57. The van der Waals surface area contributed by atoms with Crippen molar-refractivity contribution < 1.29 is 9.72 Å². The van der Waals surface area contributed by atoms with E-state index in [0.717, 1.165) is 22.5 Å². The van der Waals surface area contributed by atoms with Gasteiger partial charge in [0, 0.05) is 6.07 Å². The van der Waals surface area contributed by atoms with Gasteiger partial charge in [0.25, 0.3) is 11.6 Å². The molecule has 3 aromatic carbocycles. The van der Waals surface area contributed by atoms with Crippen molar-refractivity contribution in [2.45, 2.75) is 13.8 Å². The molecule has 0 saturated carbocycles. The Morgan fingerprint density at radius 2 is 1.58 bits per heavy atom. The molecule has 4 rings (SSSR count). The monoisotopic (exact) mass is 429 g/mol. The lowest BCUT2D eigenvalue weighted by molar-refractivity contribution is -0.385. The van der Waals surface area contributed by atoms with E-state index in [4.69, 9.17) is 4.99 Å². The Bertz CT molecular complexity index is 1250. The molecule has 0 atom stereocenters. The number of nitro benzene ring substituents is 1. The van der Waals surface area contributed by atoms with E-state index in [1.54, 1.807) is 29.2 Å². The quantitative estimate of drug-likeness (QED) is 0.289. The normalized spacial score (nSPS) is 16.3. The van der Waals surface area contributed by atoms with Crippen molar-refractivity contribution >= 4 is 46.0 Å². The lowest BCUT2D eigenvalue weighted by atomic mass is 10.1. The Labute approximate surface area is 184 Å². The van der Waals surface area contributed by atoms with Gasteiger partial charge in [0.15, 0.2) is 5.17 Å². The molecule has 1 heterocycles. The molecule has 0 radical (unpaired) electrons. The molecular weight excluding hydrogens is 410 g/mol. The SMILES string of the molecule is Cc1ccccc1N=C1SC(=Cc2ccccc2[N+](=O)[O-])C(=O)N1c1ccccc1C. The third-order valence-corrected chi connectivity index (χ3v) is 5.88. The molecule has 0 aliphatic carbocycles. The fraction of sp³-hybridized carbons (Fsp3) is 0.0833. The molecule has 1 saturated heterocycles. The largest absolute Gasteiger partial charge is 0.276 e. The van der Waals surface area contributed by atoms with Crippen molar-refractivity contribution in [3.8, 4) is 0 Å². The molecule has 7 heteroatoms. The number of carbonyl (C=O) groups excluding carboxylic acids is 1. The molecule has 0 spiro atoms. The number of thioether (sulfide) groups is 1. The highest BCUT2D eigenvalue weighted by Crippen LogP contribution is 2.39. The Hall–Kier alpha value is -3.71. The van der Waals surface area contributed by atoms with Crippen LogP contribution in [0.5, 0.6) is 0 Å². The Morgan fingerprint density at radius 1 is 0.935 bits per heavy atom. The molecule has 0 unspecified atom stereocenters. The molecule has 1 aliphatic heterocycles. The minimum Gasteiger partial charge on any atom is -0.268 e. The summed E-state index contributed by atoms with van der Waals surface area (Å²) in [6.45, 7) is 3.89. The first kappa shape index (κ1) is 20.6. The molecular formula is C24H19N3O3S. The van der Waals surface area contributed by atoms with Gasteiger partial charge < -0.3 is 0 Å². The topological polar surface area (TPSA) is 75.8 Å². The van der Waals surface area contributed by atoms with Crippen LogP contribution in [0.15, 0.2) is 82.7 Å². The summed E-state index contributed by atoms with van der Waals surface area (Å²) in [7, 11) is 0. The molecule has 0 N–H and O–H groups in total. The standard InChI is InChI=1S/C24H19N3O3S/c1-16-9-3-6-12-19(16)25-24-26(20-13-7-4-10-17(20)2)23(28)22(31-24)15-18-11-5-8-14-21(18)27(29)30/h3-15H,1-2H3. The average Bonchev–Trinajstić information content (AvgIpc) is 3.05. The maximum absolute atomic E-state index is 13.4. The van der Waals surface area contributed by atoms with E-state index >= 15 is 0 Å². The minimum absolute atomic E-state index is 0.0462. The zero-order valence-electron chi connectivity index (χ0n) is 17.0. The number of hydrogen-bond acceptors (Lipinski definition) is 5. The van der Waals surface area contributed by atoms with Gasteiger partial charge in [-0.1, -0.05) is 48.5 Å². The molecule has 154 valence electrons. The van der Waals surface area contributed by atoms with Gasteiger partial charge in [-0.3, -0.25) is 19.8 Å². The summed E-state index contributed by atoms with van der Waals surface area (Å²) in [5, 5.41) is 11.9. The van der Waals surface area contributed by atoms with E-state index in [-0.39, 0.29) is 11.6 Å². The van der Waals surface area contributed by atoms with Crippen LogP contribution in [0.2, 0.25) is 0 Å². The van der Waals surface area contributed by atoms with Crippen molar-refractivity contribution in [3.05, 3.63) is 105 Å². The van der Waals surface area contributed by atoms with Crippen molar-refractivity contribution in [2.75, 3.05) is 4.90 Å². The van der Waals surface area contributed by atoms with Crippen LogP contribution in [0, 0.1) is 24.0 Å². The van der Waals surface area contributed by atoms with E-state index < -0.39 is 4.92 Å². The first-order valence-corrected chi connectivity index (χ1v) is 10.4. The Kier molecular flexibility index (Phi) is 5.68. The number of aryl methyl sites for hydroxylation is 2. The maximum Gasteiger partial charge on any atom is 0.276 e. The minimum atomic E-state index is -0.446. The van der Waals surface area contributed by atoms with Crippen molar-refractivity contribution in [1.29, 1.82) is 0 Å². The number of amides is 1. The van der Waals surface area contributed by atoms with E-state index in [9.17, 15) is 14.9 Å². The number of amidine groups is 1. The van der Waals surface area contributed by atoms with Crippen molar-refractivity contribution in [1.82, 2.24) is 0 Å². The van der Waals surface area contributed by atoms with Gasteiger partial charge in [0.05, 0.1) is 26.8 Å². The summed E-state index contributed by atoms with van der Waals surface area (Å²) in [5.74, 6) is -0.259. The lowest BCUT2D eigenvalue weighted by Crippen LogP contribution is -2.29. The Morgan fingerprint density at radius 3 is 2.29 bits per heavy atom. The zero-order chi connectivity index (χ0) is 22.0. The van der Waals surface area contributed by atoms with Crippen molar-refractivity contribution in [2.24, 2.45) is 4.99 Å². The zero-order valence-corrected chi connectivity index (χ0v) is 17.8. The van der Waals surface area contributed by atoms with Crippen LogP contribution in [0.25, 0.3) is 6.08 Å². The van der Waals surface area contributed by atoms with E-state index in [0.29, 0.717) is 15.6 Å². The third-order valence-electron chi connectivity index (χ3n) is 4.91. The average molecular weight is 430 g/mol. The molecule has 1 aliphatic rings. The van der Waals surface area contributed by atoms with Gasteiger partial charge >= 0.3 is 0 Å². The van der Waals surface area contributed by atoms with Crippen LogP contribution in [-0.4, -0.2) is 16.0 Å². The first-order valence-electron chi connectivity index (χ1n) is 9.63. The number of nitro groups is 1. The summed E-state index contributed by atoms with van der Waals surface area (Å²) in [6, 6.07) is 21.7. The van der Waals surface area contributed by atoms with Gasteiger partial charge in [-0.25, -0.2) is 4.99 Å². The molecule has 0 aromatic heterocycles. The second-order valence-electron chi connectivity index (χ2n) is 7.03. The van der Waals surface area contributed by atoms with E-state index in [2.05, 4.69) is 0 Å². The fourth-order valence-electron chi connectivity index (χ4n) is 3.28. The van der Waals surface area contributed by atoms with Crippen LogP contribution in [0.4, 0.5) is 17.1 Å². The van der Waals surface area contributed by atoms with E-state index in [1.165, 1.54) is 17.8 Å². The smallest absolute Gasteiger partial charge is 0.268 e. The number of hydrogen-bond donors (Lipinski definition) is 0. The number of rotatable bonds is 4. The summed E-state index contributed by atoms with van der Waals surface area (Å²) >= 11 is 1.21. The van der Waals surface area contributed by atoms with Gasteiger partial charge in [0.1, 0.15) is 0 Å². The highest BCUT2D eigenvalue weighted by Gasteiger charge is 2.36. The van der Waals surface area contributed by atoms with Crippen LogP contribution >= 0.6 is 11.8 Å². The van der Waals surface area contributed by atoms with Crippen LogP contribution in [0.1, 0.15) is 16.7 Å². The predicted molar refractivity (Wildman–Crippen MR) is 126 cm³/mol. The van der Waals surface area contributed by atoms with Crippen LogP contribution < -0.4 is 4.90 Å². The summed E-state index contributed by atoms with van der Waals surface area (Å²) in [5.41, 5.74) is 3.76. The highest BCUT2D eigenvalue weighted by atomic mass is 32.2. The molecule has 0 bridgehead atoms. The number of aliphatic imine (C=N–C) groups is 1. The maximum atomic E-state index is 13.4. The molecule has 3 aromatic rings. The molecule has 6 nitrogen and oxygen atoms in total. The predicted octanol–water partition coefficient (Wildman–Crippen LogP) is 6.02. The number of anilines is 1. The van der Waals surface area contributed by atoms with Crippen LogP contribution in [-0.2, 0) is 4.79 Å². The summed E-state index contributed by atoms with van der Waals surface area (Å²) in [6.07, 6.45) is 1.57. The molecule has 1 amide bonds. The fourth-order valence-corrected chi connectivity index (χ4v) is 4.26. The number of benzene rings is 3. The first-order chi connectivity index (χ1) is 15.0. The van der Waals surface area contributed by atoms with Crippen LogP contribution in [0.3, 0.4) is 0 Å². The Balaban J connectivity index is 1.85. The highest BCUT2D eigenvalue weighted by molar-refractivity contribution is 8.19. The van der Waals surface area contributed by atoms with Crippen molar-refractivity contribution in [3.63, 3.8) is 0 Å². The number of para-hydroxylation sites is 3. The number of nitrogens with zero attached hydrogens (tertiary/aromatic N) is 3. The van der Waals surface area contributed by atoms with E-state index in [1.807, 2.05) is 62.4 Å². The van der Waals surface area contributed by atoms with Gasteiger partial charge in [0.2, 0.25) is 0 Å². The van der Waals surface area contributed by atoms with Gasteiger partial charge in [-0.15, -0.1) is 0 Å². The van der Waals surface area contributed by atoms with Gasteiger partial charge in [-0.05, 0) is 61.0 Å². The second-order valence-corrected chi connectivity index (χ2v) is 8.04. The molecule has 31 heavy (non-hydrogen) atoms. The third kappa shape index (κ3) is 4.13. The summed E-state index contributed by atoms with van der Waals surface area (Å²) < 4.78 is 0. The number of carbonyl (C=O) groups is 1. The van der Waals surface area contributed by atoms with Gasteiger partial charge in [-0.2, -0.15) is 0 Å². The lowest BCUT2D eigenvalue weighted by Gasteiger charge is -2.18. The molecule has 1 fully saturated rings.